The lowest BCUT2D eigenvalue weighted by atomic mass is 9.97. The second kappa shape index (κ2) is 8.36. The predicted octanol–water partition coefficient (Wildman–Crippen LogP) is 3.31. The second-order valence-corrected chi connectivity index (χ2v) is 6.23. The van der Waals surface area contributed by atoms with Gasteiger partial charge in [-0.2, -0.15) is 0 Å². The number of fused-ring (bicyclic) bond motifs is 1. The molecule has 2 heterocycles. The number of halogens is 2. The van der Waals surface area contributed by atoms with Crippen molar-refractivity contribution in [3.8, 4) is 0 Å². The summed E-state index contributed by atoms with van der Waals surface area (Å²) in [7, 11) is 1.13. The third-order valence-corrected chi connectivity index (χ3v) is 4.19. The Balaban J connectivity index is 2.17. The highest BCUT2D eigenvalue weighted by molar-refractivity contribution is 6.31. The van der Waals surface area contributed by atoms with Gasteiger partial charge in [0.25, 0.3) is 0 Å². The molecule has 150 valence electrons. The highest BCUT2D eigenvalue weighted by Gasteiger charge is 2.33. The number of pyridine rings is 1. The van der Waals surface area contributed by atoms with Crippen LogP contribution in [0, 0.1) is 5.82 Å². The lowest BCUT2D eigenvalue weighted by molar-refractivity contribution is -0.141. The molecule has 0 radical (unpaired) electrons. The van der Waals surface area contributed by atoms with Crippen molar-refractivity contribution < 1.29 is 32.7 Å². The molecular weight excluding hydrogens is 407 g/mol. The lowest BCUT2D eigenvalue weighted by Gasteiger charge is -2.13. The molecule has 0 spiro atoms. The third kappa shape index (κ3) is 3.95. The summed E-state index contributed by atoms with van der Waals surface area (Å²) in [5.41, 5.74) is -0.187. The first-order valence-corrected chi connectivity index (χ1v) is 8.72. The van der Waals surface area contributed by atoms with Gasteiger partial charge in [-0.1, -0.05) is 11.6 Å². The van der Waals surface area contributed by atoms with Gasteiger partial charge in [-0.15, -0.1) is 0 Å². The first kappa shape index (κ1) is 20.4. The molecule has 0 saturated carbocycles. The summed E-state index contributed by atoms with van der Waals surface area (Å²) < 4.78 is 29.5. The minimum absolute atomic E-state index is 0.0389. The highest BCUT2D eigenvalue weighted by atomic mass is 35.5. The predicted molar refractivity (Wildman–Crippen MR) is 98.4 cm³/mol. The molecule has 10 heteroatoms. The zero-order chi connectivity index (χ0) is 21.1. The molecule has 3 aromatic rings. The van der Waals surface area contributed by atoms with Gasteiger partial charge >= 0.3 is 11.9 Å². The molecule has 0 saturated heterocycles. The third-order valence-electron chi connectivity index (χ3n) is 3.99. The van der Waals surface area contributed by atoms with Crippen LogP contribution in [0.15, 0.2) is 28.8 Å². The number of nitrogens with zero attached hydrogens (tertiary/aromatic N) is 2. The lowest BCUT2D eigenvalue weighted by Crippen LogP contribution is -2.16. The van der Waals surface area contributed by atoms with Crippen LogP contribution in [0.3, 0.4) is 0 Å². The molecule has 1 aromatic carbocycles. The Kier molecular flexibility index (Phi) is 5.88. The number of aromatic nitrogens is 2. The Morgan fingerprint density at radius 2 is 2.10 bits per heavy atom. The van der Waals surface area contributed by atoms with Crippen LogP contribution in [0.25, 0.3) is 10.9 Å². The number of oxazole rings is 1. The van der Waals surface area contributed by atoms with Crippen molar-refractivity contribution in [3.63, 3.8) is 0 Å². The first-order chi connectivity index (χ1) is 13.9. The van der Waals surface area contributed by atoms with E-state index in [9.17, 15) is 18.8 Å². The van der Waals surface area contributed by atoms with E-state index in [0.29, 0.717) is 5.39 Å². The molecule has 2 aromatic heterocycles. The fraction of sp³-hybridized carbons (Fsp3) is 0.211. The number of hydrogen-bond donors (Lipinski definition) is 0. The number of esters is 2. The average molecular weight is 421 g/mol. The van der Waals surface area contributed by atoms with Crippen molar-refractivity contribution in [1.82, 2.24) is 9.97 Å². The zero-order valence-electron chi connectivity index (χ0n) is 15.3. The van der Waals surface area contributed by atoms with Crippen molar-refractivity contribution in [2.45, 2.75) is 12.8 Å². The highest BCUT2D eigenvalue weighted by Crippen LogP contribution is 2.31. The molecule has 0 aliphatic rings. The summed E-state index contributed by atoms with van der Waals surface area (Å²) in [6.45, 7) is 1.61. The normalized spacial score (nSPS) is 11.9. The van der Waals surface area contributed by atoms with Gasteiger partial charge in [-0.05, 0) is 30.7 Å². The second-order valence-electron chi connectivity index (χ2n) is 5.79. The number of methoxy groups -OCH3 is 1. The van der Waals surface area contributed by atoms with E-state index in [2.05, 4.69) is 9.97 Å². The Morgan fingerprint density at radius 3 is 2.76 bits per heavy atom. The molecule has 0 amide bonds. The molecule has 0 aliphatic carbocycles. The van der Waals surface area contributed by atoms with Crippen LogP contribution in [-0.4, -0.2) is 41.9 Å². The van der Waals surface area contributed by atoms with Crippen molar-refractivity contribution in [2.24, 2.45) is 0 Å². The molecule has 0 N–H and O–H groups in total. The number of rotatable bonds is 6. The summed E-state index contributed by atoms with van der Waals surface area (Å²) >= 11 is 5.92. The van der Waals surface area contributed by atoms with Crippen molar-refractivity contribution in [1.29, 1.82) is 0 Å². The number of ether oxygens (including phenoxy) is 2. The Hall–Kier alpha value is -3.33. The van der Waals surface area contributed by atoms with E-state index in [1.54, 1.807) is 6.92 Å². The summed E-state index contributed by atoms with van der Waals surface area (Å²) in [6.07, 6.45) is 1.58. The molecule has 29 heavy (non-hydrogen) atoms. The van der Waals surface area contributed by atoms with Crippen LogP contribution in [0.4, 0.5) is 4.39 Å². The van der Waals surface area contributed by atoms with E-state index in [1.165, 1.54) is 18.3 Å². The van der Waals surface area contributed by atoms with E-state index in [0.717, 1.165) is 13.2 Å². The molecule has 0 bridgehead atoms. The van der Waals surface area contributed by atoms with Gasteiger partial charge in [0.15, 0.2) is 17.9 Å². The molecule has 8 nitrogen and oxygen atoms in total. The number of aldehydes is 1. The topological polar surface area (TPSA) is 109 Å². The number of carbonyl (C=O) groups excluding carboxylic acids is 3. The van der Waals surface area contributed by atoms with Crippen molar-refractivity contribution in [3.05, 3.63) is 58.1 Å². The van der Waals surface area contributed by atoms with E-state index in [4.69, 9.17) is 25.5 Å². The van der Waals surface area contributed by atoms with Gasteiger partial charge in [0.2, 0.25) is 11.7 Å². The van der Waals surface area contributed by atoms with Crippen LogP contribution in [-0.2, 0) is 14.3 Å². The van der Waals surface area contributed by atoms with E-state index < -0.39 is 29.4 Å². The van der Waals surface area contributed by atoms with Crippen LogP contribution in [0.1, 0.15) is 45.3 Å². The Bertz CT molecular complexity index is 1110. The largest absolute Gasteiger partial charge is 0.468 e. The number of carbonyl (C=O) groups is 3. The maximum atomic E-state index is 14.6. The maximum absolute atomic E-state index is 14.6. The first-order valence-electron chi connectivity index (χ1n) is 8.35. The Labute approximate surface area is 168 Å². The molecule has 3 rings (SSSR count). The molecule has 0 aliphatic heterocycles. The van der Waals surface area contributed by atoms with Gasteiger partial charge in [0.05, 0.1) is 18.7 Å². The van der Waals surface area contributed by atoms with Gasteiger partial charge in [0, 0.05) is 11.6 Å². The molecule has 1 atom stereocenters. The number of benzene rings is 1. The minimum atomic E-state index is -1.35. The van der Waals surface area contributed by atoms with Crippen LogP contribution in [0.2, 0.25) is 5.02 Å². The van der Waals surface area contributed by atoms with Crippen LogP contribution >= 0.6 is 11.6 Å². The van der Waals surface area contributed by atoms with E-state index in [-0.39, 0.29) is 40.6 Å². The summed E-state index contributed by atoms with van der Waals surface area (Å²) in [5, 5.41) is 0.599. The summed E-state index contributed by atoms with van der Waals surface area (Å²) in [5.74, 6) is -4.60. The minimum Gasteiger partial charge on any atom is -0.468 e. The van der Waals surface area contributed by atoms with Crippen LogP contribution < -0.4 is 0 Å². The van der Waals surface area contributed by atoms with Crippen molar-refractivity contribution >= 4 is 40.7 Å². The SMILES string of the molecule is CCOC(=O)c1oc(C(C(=O)OC)c2cc(F)c3ncc(Cl)cc3c2)nc1C=O. The monoisotopic (exact) mass is 420 g/mol. The quantitative estimate of drug-likeness (QED) is 0.441. The van der Waals surface area contributed by atoms with Crippen molar-refractivity contribution in [2.75, 3.05) is 13.7 Å². The fourth-order valence-electron chi connectivity index (χ4n) is 2.76. The van der Waals surface area contributed by atoms with Gasteiger partial charge < -0.3 is 13.9 Å². The number of hydrogen-bond acceptors (Lipinski definition) is 8. The zero-order valence-corrected chi connectivity index (χ0v) is 16.0. The van der Waals surface area contributed by atoms with Crippen LogP contribution in [0.5, 0.6) is 0 Å². The van der Waals surface area contributed by atoms with Gasteiger partial charge in [-0.3, -0.25) is 14.6 Å². The molecule has 1 unspecified atom stereocenters. The van der Waals surface area contributed by atoms with Gasteiger partial charge in [0.1, 0.15) is 11.3 Å². The summed E-state index contributed by atoms with van der Waals surface area (Å²) in [6, 6.07) is 4.01. The average Bonchev–Trinajstić information content (AvgIpc) is 3.12. The smallest absolute Gasteiger partial charge is 0.376 e. The standard InChI is InChI=1S/C19H14ClFN2O6/c1-3-28-19(26)16-13(8-24)23-17(29-16)14(18(25)27-2)9-4-10-5-11(20)7-22-15(10)12(21)6-9/h4-8,14H,3H2,1-2H3. The molecular formula is C19H14ClFN2O6. The Morgan fingerprint density at radius 1 is 1.34 bits per heavy atom. The fourth-order valence-corrected chi connectivity index (χ4v) is 2.93. The van der Waals surface area contributed by atoms with E-state index in [1.807, 2.05) is 0 Å². The maximum Gasteiger partial charge on any atom is 0.376 e. The van der Waals surface area contributed by atoms with Gasteiger partial charge in [-0.25, -0.2) is 14.2 Å². The molecule has 0 fully saturated rings. The summed E-state index contributed by atoms with van der Waals surface area (Å²) in [4.78, 5) is 43.5. The van der Waals surface area contributed by atoms with E-state index >= 15 is 0 Å².